The lowest BCUT2D eigenvalue weighted by Gasteiger charge is -2.08. The summed E-state index contributed by atoms with van der Waals surface area (Å²) in [6.45, 7) is 7.90. The van der Waals surface area contributed by atoms with Gasteiger partial charge in [0.1, 0.15) is 12.4 Å². The van der Waals surface area contributed by atoms with Crippen LogP contribution in [0.15, 0.2) is 42.5 Å². The maximum atomic E-state index is 12.1. The van der Waals surface area contributed by atoms with Crippen LogP contribution in [0.25, 0.3) is 0 Å². The Morgan fingerprint density at radius 3 is 0.704 bits per heavy atom. The van der Waals surface area contributed by atoms with Crippen LogP contribution in [-0.2, 0) is 105 Å². The third-order valence-corrected chi connectivity index (χ3v) is 14.8. The molecule has 1 aromatic rings. The summed E-state index contributed by atoms with van der Waals surface area (Å²) in [5, 5.41) is 2.47. The van der Waals surface area contributed by atoms with Crippen LogP contribution in [-0.4, -0.2) is 151 Å². The van der Waals surface area contributed by atoms with Crippen LogP contribution in [0.1, 0.15) is 264 Å². The summed E-state index contributed by atoms with van der Waals surface area (Å²) in [6.07, 6.45) is 22.0. The van der Waals surface area contributed by atoms with Crippen LogP contribution in [0.4, 0.5) is 4.79 Å². The highest BCUT2D eigenvalue weighted by atomic mass is 16.6. The number of unbranched alkanes of at least 4 members (excludes halogenated alkanes) is 20. The number of benzene rings is 1. The molecule has 0 aliphatic rings. The van der Waals surface area contributed by atoms with E-state index in [1.165, 1.54) is 6.92 Å². The van der Waals surface area contributed by atoms with Crippen molar-refractivity contribution < 1.29 is 114 Å². The zero-order valence-corrected chi connectivity index (χ0v) is 58.7. The molecule has 0 spiro atoms. The number of hydrogen-bond donors (Lipinski definition) is 1. The quantitative estimate of drug-likeness (QED) is 0.0208. The minimum Gasteiger partial charge on any atom is -0.466 e. The zero-order chi connectivity index (χ0) is 71.6. The molecule has 0 saturated carbocycles. The van der Waals surface area contributed by atoms with Crippen molar-refractivity contribution in [3.8, 4) is 5.75 Å². The van der Waals surface area contributed by atoms with Crippen molar-refractivity contribution in [1.29, 1.82) is 0 Å². The van der Waals surface area contributed by atoms with Crippen molar-refractivity contribution in [2.75, 3.05) is 79.2 Å². The Balaban J connectivity index is 1.80. The third-order valence-electron chi connectivity index (χ3n) is 14.8. The van der Waals surface area contributed by atoms with Crippen molar-refractivity contribution in [1.82, 2.24) is 5.32 Å². The maximum Gasteiger partial charge on any atom is 0.407 e. The number of nitrogens with one attached hydrogen (secondary N) is 1. The van der Waals surface area contributed by atoms with Gasteiger partial charge in [-0.2, -0.15) is 0 Å². The molecule has 98 heavy (non-hydrogen) atoms. The lowest BCUT2D eigenvalue weighted by atomic mass is 10.2. The standard InChI is InChI=1S/C73H115NO24/c1-60(2)72(85)96-59-48-74-73(86)97-58-35-12-24-46-70(83)94-56-33-10-22-44-68(81)92-54-31-8-20-42-66(79)90-52-29-6-18-40-64(77)88-50-27-4-16-38-62(75)87-49-26-5-17-39-63(76)89-51-28-7-19-41-65(78)91-53-30-9-21-43-67(80)93-55-32-11-23-45-69(82)95-57-34-13-25-47-71(84)98-61-36-14-3-15-37-61/h3,14-15,36-37H,1,4-13,16-35,38-59H2,2H3,(H,74,86). The van der Waals surface area contributed by atoms with Crippen LogP contribution in [0.2, 0.25) is 0 Å². The van der Waals surface area contributed by atoms with E-state index in [0.717, 1.165) is 19.3 Å². The Labute approximate surface area is 580 Å². The lowest BCUT2D eigenvalue weighted by Crippen LogP contribution is -2.29. The number of carbonyl (C=O) groups excluding carboxylic acids is 12. The van der Waals surface area contributed by atoms with Gasteiger partial charge in [0.2, 0.25) is 0 Å². The molecule has 0 bridgehead atoms. The summed E-state index contributed by atoms with van der Waals surface area (Å²) in [5.41, 5.74) is 0.275. The van der Waals surface area contributed by atoms with E-state index >= 15 is 0 Å². The molecule has 0 aliphatic carbocycles. The number of hydrogen-bond acceptors (Lipinski definition) is 24. The van der Waals surface area contributed by atoms with Gasteiger partial charge in [-0.1, -0.05) is 24.8 Å². The van der Waals surface area contributed by atoms with Gasteiger partial charge >= 0.3 is 71.8 Å². The van der Waals surface area contributed by atoms with Crippen molar-refractivity contribution >= 4 is 71.8 Å². The van der Waals surface area contributed by atoms with E-state index in [1.807, 2.05) is 6.07 Å². The molecule has 0 unspecified atom stereocenters. The molecule has 1 amide bonds. The van der Waals surface area contributed by atoms with Crippen LogP contribution in [0, 0.1) is 0 Å². The molecule has 0 fully saturated rings. The van der Waals surface area contributed by atoms with Gasteiger partial charge in [0.05, 0.1) is 72.6 Å². The first-order chi connectivity index (χ1) is 47.5. The Kier molecular flexibility index (Phi) is 57.8. The smallest absolute Gasteiger partial charge is 0.407 e. The molecule has 1 aromatic carbocycles. The van der Waals surface area contributed by atoms with Gasteiger partial charge in [-0.3, -0.25) is 47.9 Å². The lowest BCUT2D eigenvalue weighted by molar-refractivity contribution is -0.146. The molecular weight excluding hydrogens is 1270 g/mol. The SMILES string of the molecule is C=C(C)C(=O)OCCNC(=O)OCCCCCC(=O)OCCCCCC(=O)OCCCCCC(=O)OCCCCCC(=O)OCCCCCC(=O)OCCCCCC(=O)OCCCCCC(=O)OCCCCCC(=O)OCCCCCC(=O)OCCCCCC(=O)Oc1ccccc1. The predicted octanol–water partition coefficient (Wildman–Crippen LogP) is 12.9. The van der Waals surface area contributed by atoms with E-state index < -0.39 is 12.1 Å². The van der Waals surface area contributed by atoms with Crippen molar-refractivity contribution in [2.45, 2.75) is 264 Å². The zero-order valence-electron chi connectivity index (χ0n) is 58.7. The first kappa shape index (κ1) is 88.4. The molecule has 25 nitrogen and oxygen atoms in total. The second kappa shape index (κ2) is 64.1. The maximum absolute atomic E-state index is 12.1. The van der Waals surface area contributed by atoms with Gasteiger partial charge in [-0.05, 0) is 212 Å². The Bertz CT molecular complexity index is 2380. The fourth-order valence-corrected chi connectivity index (χ4v) is 9.11. The highest BCUT2D eigenvalue weighted by Crippen LogP contribution is 2.14. The molecule has 0 aliphatic heterocycles. The number of ether oxygens (including phenoxy) is 12. The van der Waals surface area contributed by atoms with Gasteiger partial charge in [0, 0.05) is 69.8 Å². The monoisotopic (exact) mass is 1390 g/mol. The molecule has 0 saturated heterocycles. The third kappa shape index (κ3) is 60.8. The first-order valence-electron chi connectivity index (χ1n) is 35.9. The van der Waals surface area contributed by atoms with Gasteiger partial charge in [-0.15, -0.1) is 0 Å². The van der Waals surface area contributed by atoms with Crippen molar-refractivity contribution in [3.05, 3.63) is 42.5 Å². The van der Waals surface area contributed by atoms with E-state index in [2.05, 4.69) is 11.9 Å². The van der Waals surface area contributed by atoms with Gasteiger partial charge in [0.25, 0.3) is 0 Å². The van der Waals surface area contributed by atoms with Crippen molar-refractivity contribution in [3.63, 3.8) is 0 Å². The van der Waals surface area contributed by atoms with Gasteiger partial charge in [-0.25, -0.2) is 9.59 Å². The van der Waals surface area contributed by atoms with E-state index in [1.54, 1.807) is 24.3 Å². The molecule has 0 radical (unpaired) electrons. The number of amides is 1. The molecule has 0 atom stereocenters. The fourth-order valence-electron chi connectivity index (χ4n) is 9.11. The molecular formula is C73H115NO24. The summed E-state index contributed by atoms with van der Waals surface area (Å²) in [6, 6.07) is 8.92. The number of para-hydroxylation sites is 1. The topological polar surface area (TPSA) is 328 Å². The second-order valence-corrected chi connectivity index (χ2v) is 23.9. The predicted molar refractivity (Wildman–Crippen MR) is 361 cm³/mol. The Hall–Kier alpha value is -7.60. The molecule has 25 heteroatoms. The van der Waals surface area contributed by atoms with E-state index in [4.69, 9.17) is 56.8 Å². The Morgan fingerprint density at radius 1 is 0.265 bits per heavy atom. The van der Waals surface area contributed by atoms with E-state index in [9.17, 15) is 57.5 Å². The summed E-state index contributed by atoms with van der Waals surface area (Å²) in [4.78, 5) is 143. The number of esters is 11. The van der Waals surface area contributed by atoms with Crippen LogP contribution < -0.4 is 10.1 Å². The Morgan fingerprint density at radius 2 is 0.480 bits per heavy atom. The van der Waals surface area contributed by atoms with Crippen molar-refractivity contribution in [2.24, 2.45) is 0 Å². The molecule has 0 aromatic heterocycles. The van der Waals surface area contributed by atoms with Crippen LogP contribution >= 0.6 is 0 Å². The molecule has 1 N–H and O–H groups in total. The minimum absolute atomic E-state index is 0.0162. The first-order valence-corrected chi connectivity index (χ1v) is 35.9. The molecule has 556 valence electrons. The average molecular weight is 1390 g/mol. The summed E-state index contributed by atoms with van der Waals surface area (Å²) in [5.74, 6) is -2.84. The summed E-state index contributed by atoms with van der Waals surface area (Å²) < 4.78 is 62.7. The number of alkyl carbamates (subject to hydrolysis) is 1. The van der Waals surface area contributed by atoms with Crippen LogP contribution in [0.3, 0.4) is 0 Å². The fraction of sp³-hybridized carbons (Fsp3) is 0.726. The highest BCUT2D eigenvalue weighted by molar-refractivity contribution is 5.87. The number of rotatable bonds is 65. The largest absolute Gasteiger partial charge is 0.466 e. The summed E-state index contributed by atoms with van der Waals surface area (Å²) >= 11 is 0. The normalized spacial score (nSPS) is 10.7. The molecule has 1 rings (SSSR count). The van der Waals surface area contributed by atoms with Gasteiger partial charge < -0.3 is 62.2 Å². The average Bonchev–Trinajstić information content (AvgIpc) is 2.57. The van der Waals surface area contributed by atoms with Crippen LogP contribution in [0.5, 0.6) is 5.75 Å². The number of carbonyl (C=O) groups is 12. The summed E-state index contributed by atoms with van der Waals surface area (Å²) in [7, 11) is 0. The molecule has 0 heterocycles. The van der Waals surface area contributed by atoms with E-state index in [-0.39, 0.29) is 183 Å². The van der Waals surface area contributed by atoms with Gasteiger partial charge in [0.15, 0.2) is 0 Å². The second-order valence-electron chi connectivity index (χ2n) is 23.9. The van der Waals surface area contributed by atoms with E-state index in [0.29, 0.717) is 205 Å². The minimum atomic E-state index is -0.612. The highest BCUT2D eigenvalue weighted by Gasteiger charge is 2.13.